The van der Waals surface area contributed by atoms with Crippen LogP contribution >= 0.6 is 0 Å². The maximum absolute atomic E-state index is 14.1. The Bertz CT molecular complexity index is 671. The second-order valence-electron chi connectivity index (χ2n) is 4.49. The summed E-state index contributed by atoms with van der Waals surface area (Å²) in [4.78, 5) is 12.3. The molecule has 2 N–H and O–H groups in total. The van der Waals surface area contributed by atoms with Crippen LogP contribution in [0.2, 0.25) is 0 Å². The SMILES string of the molecule is COc1ccc(N)c(C(=O)Cc2cccc(OC)c2F)c1. The molecule has 2 aromatic carbocycles. The van der Waals surface area contributed by atoms with Gasteiger partial charge in [-0.1, -0.05) is 12.1 Å². The number of nitrogen functional groups attached to an aromatic ring is 1. The summed E-state index contributed by atoms with van der Waals surface area (Å²) in [5, 5.41) is 0. The summed E-state index contributed by atoms with van der Waals surface area (Å²) in [5.74, 6) is -0.175. The Kier molecular flexibility index (Phi) is 4.42. The molecular formula is C16H16FNO3. The number of hydrogen-bond acceptors (Lipinski definition) is 4. The molecule has 0 saturated carbocycles. The number of carbonyl (C=O) groups is 1. The highest BCUT2D eigenvalue weighted by atomic mass is 19.1. The van der Waals surface area contributed by atoms with Crippen LogP contribution in [0.5, 0.6) is 11.5 Å². The monoisotopic (exact) mass is 289 g/mol. The molecule has 4 nitrogen and oxygen atoms in total. The molecule has 0 unspecified atom stereocenters. The molecule has 2 aromatic rings. The van der Waals surface area contributed by atoms with Gasteiger partial charge in [0.15, 0.2) is 17.3 Å². The normalized spacial score (nSPS) is 10.2. The van der Waals surface area contributed by atoms with Crippen molar-refractivity contribution in [2.24, 2.45) is 0 Å². The van der Waals surface area contributed by atoms with Crippen LogP contribution in [-0.2, 0) is 6.42 Å². The van der Waals surface area contributed by atoms with Gasteiger partial charge >= 0.3 is 0 Å². The molecule has 21 heavy (non-hydrogen) atoms. The summed E-state index contributed by atoms with van der Waals surface area (Å²) in [5.41, 5.74) is 6.72. The van der Waals surface area contributed by atoms with Crippen molar-refractivity contribution >= 4 is 11.5 Å². The zero-order valence-corrected chi connectivity index (χ0v) is 11.9. The summed E-state index contributed by atoms with van der Waals surface area (Å²) in [6.07, 6.45) is -0.0968. The highest BCUT2D eigenvalue weighted by molar-refractivity contribution is 6.02. The van der Waals surface area contributed by atoms with Crippen LogP contribution in [0, 0.1) is 5.82 Å². The molecule has 5 heteroatoms. The summed E-state index contributed by atoms with van der Waals surface area (Å²) in [6, 6.07) is 9.50. The van der Waals surface area contributed by atoms with Crippen molar-refractivity contribution in [2.45, 2.75) is 6.42 Å². The van der Waals surface area contributed by atoms with E-state index in [2.05, 4.69) is 0 Å². The van der Waals surface area contributed by atoms with Crippen molar-refractivity contribution in [1.29, 1.82) is 0 Å². The molecule has 2 rings (SSSR count). The number of anilines is 1. The Hall–Kier alpha value is -2.56. The van der Waals surface area contributed by atoms with E-state index >= 15 is 0 Å². The third-order valence-electron chi connectivity index (χ3n) is 3.18. The standard InChI is InChI=1S/C16H16FNO3/c1-20-11-6-7-13(18)12(9-11)14(19)8-10-4-3-5-15(21-2)16(10)17/h3-7,9H,8,18H2,1-2H3. The minimum atomic E-state index is -0.533. The Morgan fingerprint density at radius 2 is 1.95 bits per heavy atom. The van der Waals surface area contributed by atoms with Gasteiger partial charge in [0.1, 0.15) is 5.75 Å². The van der Waals surface area contributed by atoms with Crippen molar-refractivity contribution in [3.8, 4) is 11.5 Å². The van der Waals surface area contributed by atoms with E-state index < -0.39 is 5.82 Å². The molecule has 0 aliphatic carbocycles. The minimum absolute atomic E-state index is 0.0968. The number of ketones is 1. The molecule has 0 aromatic heterocycles. The highest BCUT2D eigenvalue weighted by Crippen LogP contribution is 2.24. The number of Topliss-reactive ketones (excluding diaryl/α,β-unsaturated/α-hetero) is 1. The fraction of sp³-hybridized carbons (Fsp3) is 0.188. The van der Waals surface area contributed by atoms with Gasteiger partial charge in [-0.25, -0.2) is 4.39 Å². The Balaban J connectivity index is 2.30. The number of nitrogens with two attached hydrogens (primary N) is 1. The van der Waals surface area contributed by atoms with Crippen molar-refractivity contribution in [3.05, 3.63) is 53.3 Å². The summed E-state index contributed by atoms with van der Waals surface area (Å²) < 4.78 is 24.0. The Morgan fingerprint density at radius 3 is 2.62 bits per heavy atom. The van der Waals surface area contributed by atoms with Crippen LogP contribution in [0.4, 0.5) is 10.1 Å². The van der Waals surface area contributed by atoms with Crippen LogP contribution < -0.4 is 15.2 Å². The molecule has 0 aliphatic rings. The molecule has 0 amide bonds. The first-order valence-corrected chi connectivity index (χ1v) is 6.35. The average molecular weight is 289 g/mol. The molecule has 0 fully saturated rings. The lowest BCUT2D eigenvalue weighted by molar-refractivity contribution is 0.0992. The topological polar surface area (TPSA) is 61.5 Å². The smallest absolute Gasteiger partial charge is 0.169 e. The van der Waals surface area contributed by atoms with E-state index in [4.69, 9.17) is 15.2 Å². The first-order valence-electron chi connectivity index (χ1n) is 6.35. The van der Waals surface area contributed by atoms with Gasteiger partial charge in [0.05, 0.1) is 14.2 Å². The van der Waals surface area contributed by atoms with Crippen molar-refractivity contribution < 1.29 is 18.7 Å². The van der Waals surface area contributed by atoms with Gasteiger partial charge in [-0.3, -0.25) is 4.79 Å². The largest absolute Gasteiger partial charge is 0.497 e. The zero-order valence-electron chi connectivity index (χ0n) is 11.9. The summed E-state index contributed by atoms with van der Waals surface area (Å²) in [6.45, 7) is 0. The first-order chi connectivity index (χ1) is 10.1. The van der Waals surface area contributed by atoms with Crippen molar-refractivity contribution in [3.63, 3.8) is 0 Å². The van der Waals surface area contributed by atoms with Crippen LogP contribution in [0.15, 0.2) is 36.4 Å². The lowest BCUT2D eigenvalue weighted by Crippen LogP contribution is -2.09. The van der Waals surface area contributed by atoms with Gasteiger partial charge < -0.3 is 15.2 Å². The number of benzene rings is 2. The van der Waals surface area contributed by atoms with Crippen molar-refractivity contribution in [1.82, 2.24) is 0 Å². The van der Waals surface area contributed by atoms with E-state index in [1.54, 1.807) is 30.3 Å². The Morgan fingerprint density at radius 1 is 1.19 bits per heavy atom. The van der Waals surface area contributed by atoms with Gasteiger partial charge in [0, 0.05) is 17.7 Å². The van der Waals surface area contributed by atoms with Gasteiger partial charge in [-0.2, -0.15) is 0 Å². The van der Waals surface area contributed by atoms with Crippen LogP contribution in [0.1, 0.15) is 15.9 Å². The maximum Gasteiger partial charge on any atom is 0.169 e. The molecule has 0 bridgehead atoms. The van der Waals surface area contributed by atoms with Gasteiger partial charge in [-0.15, -0.1) is 0 Å². The van der Waals surface area contributed by atoms with E-state index in [0.29, 0.717) is 17.0 Å². The number of methoxy groups -OCH3 is 2. The predicted molar refractivity (Wildman–Crippen MR) is 78.4 cm³/mol. The van der Waals surface area contributed by atoms with E-state index in [1.807, 2.05) is 0 Å². The molecule has 0 heterocycles. The highest BCUT2D eigenvalue weighted by Gasteiger charge is 2.16. The maximum atomic E-state index is 14.1. The van der Waals surface area contributed by atoms with Crippen molar-refractivity contribution in [2.75, 3.05) is 20.0 Å². The fourth-order valence-corrected chi connectivity index (χ4v) is 2.02. The van der Waals surface area contributed by atoms with E-state index in [-0.39, 0.29) is 23.5 Å². The average Bonchev–Trinajstić information content (AvgIpc) is 2.49. The third-order valence-corrected chi connectivity index (χ3v) is 3.18. The lowest BCUT2D eigenvalue weighted by Gasteiger charge is -2.09. The van der Waals surface area contributed by atoms with Gasteiger partial charge in [0.25, 0.3) is 0 Å². The quantitative estimate of drug-likeness (QED) is 0.679. The summed E-state index contributed by atoms with van der Waals surface area (Å²) >= 11 is 0. The van der Waals surface area contributed by atoms with Crippen LogP contribution in [0.25, 0.3) is 0 Å². The van der Waals surface area contributed by atoms with Gasteiger partial charge in [-0.05, 0) is 29.8 Å². The fourth-order valence-electron chi connectivity index (χ4n) is 2.02. The first kappa shape index (κ1) is 14.8. The predicted octanol–water partition coefficient (Wildman–Crippen LogP) is 2.85. The molecule has 0 spiro atoms. The minimum Gasteiger partial charge on any atom is -0.497 e. The lowest BCUT2D eigenvalue weighted by atomic mass is 10.0. The number of rotatable bonds is 5. The third kappa shape index (κ3) is 3.13. The molecule has 0 saturated heterocycles. The number of halogens is 1. The van der Waals surface area contributed by atoms with Crippen LogP contribution in [0.3, 0.4) is 0 Å². The van der Waals surface area contributed by atoms with E-state index in [0.717, 1.165) is 0 Å². The zero-order chi connectivity index (χ0) is 15.4. The summed E-state index contributed by atoms with van der Waals surface area (Å²) in [7, 11) is 2.88. The number of carbonyl (C=O) groups excluding carboxylic acids is 1. The second-order valence-corrected chi connectivity index (χ2v) is 4.49. The number of hydrogen-bond donors (Lipinski definition) is 1. The van der Waals surface area contributed by atoms with Crippen LogP contribution in [-0.4, -0.2) is 20.0 Å². The Labute approximate surface area is 122 Å². The molecule has 0 aliphatic heterocycles. The molecule has 0 atom stereocenters. The number of ether oxygens (including phenoxy) is 2. The van der Waals surface area contributed by atoms with Gasteiger partial charge in [0.2, 0.25) is 0 Å². The molecule has 0 radical (unpaired) electrons. The second kappa shape index (κ2) is 6.26. The van der Waals surface area contributed by atoms with E-state index in [1.165, 1.54) is 20.3 Å². The molecule has 110 valence electrons. The van der Waals surface area contributed by atoms with E-state index in [9.17, 15) is 9.18 Å². The molecular weight excluding hydrogens is 273 g/mol.